The van der Waals surface area contributed by atoms with Crippen molar-refractivity contribution in [2.45, 2.75) is 20.8 Å². The molecule has 1 radical (unpaired) electrons. The van der Waals surface area contributed by atoms with Gasteiger partial charge in [-0.1, -0.05) is 109 Å². The molecule has 0 fully saturated rings. The summed E-state index contributed by atoms with van der Waals surface area (Å²) in [4.78, 5) is 13.3. The summed E-state index contributed by atoms with van der Waals surface area (Å²) in [5.74, 6) is -0.652. The molecule has 0 saturated carbocycles. The van der Waals surface area contributed by atoms with E-state index in [0.717, 1.165) is 83.8 Å². The average molecular weight is 982 g/mol. The van der Waals surface area contributed by atoms with Crippen molar-refractivity contribution in [3.63, 3.8) is 0 Å². The Morgan fingerprint density at radius 3 is 0.754 bits per heavy atom. The van der Waals surface area contributed by atoms with Crippen LogP contribution < -0.4 is 0 Å². The van der Waals surface area contributed by atoms with Gasteiger partial charge in [-0.15, -0.1) is 0 Å². The fourth-order valence-electron chi connectivity index (χ4n) is 6.42. The summed E-state index contributed by atoms with van der Waals surface area (Å²) >= 11 is 0. The molecule has 0 N–H and O–H groups in total. The summed E-state index contributed by atoms with van der Waals surface area (Å²) in [6, 6.07) is 56.1. The van der Waals surface area contributed by atoms with Gasteiger partial charge in [0.05, 0.1) is 17.1 Å². The molecule has 7 heteroatoms. The van der Waals surface area contributed by atoms with Crippen molar-refractivity contribution in [2.24, 2.45) is 0 Å². The van der Waals surface area contributed by atoms with Crippen molar-refractivity contribution < 1.29 is 33.3 Å². The number of aromatic nitrogens is 3. The number of hydrogen-bond donors (Lipinski definition) is 0. The van der Waals surface area contributed by atoms with Crippen molar-refractivity contribution in [2.75, 3.05) is 0 Å². The number of pyridine rings is 3. The van der Waals surface area contributed by atoms with Gasteiger partial charge < -0.3 is 0 Å². The molecule has 3 heterocycles. The molecule has 0 atom stereocenters. The van der Waals surface area contributed by atoms with Crippen LogP contribution in [0, 0.1) is 38.2 Å². The molecule has 0 unspecified atom stereocenters. The first-order valence-corrected chi connectivity index (χ1v) is 19.5. The zero-order chi connectivity index (χ0) is 41.8. The third-order valence-electron chi connectivity index (χ3n) is 9.74. The number of nitrogens with zero attached hydrogens (tertiary/aromatic N) is 3. The summed E-state index contributed by atoms with van der Waals surface area (Å²) in [6.07, 6.45) is 5.58. The Labute approximate surface area is 369 Å². The van der Waals surface area contributed by atoms with E-state index in [4.69, 9.17) is 0 Å². The monoisotopic (exact) mass is 982 g/mol. The van der Waals surface area contributed by atoms with Gasteiger partial charge in [0.25, 0.3) is 0 Å². The zero-order valence-electron chi connectivity index (χ0n) is 33.9. The Bertz CT molecular complexity index is 2280. The van der Waals surface area contributed by atoms with Crippen LogP contribution in [-0.4, -0.2) is 15.0 Å². The maximum absolute atomic E-state index is 13.0. The van der Waals surface area contributed by atoms with Crippen LogP contribution >= 0.6 is 0 Å². The van der Waals surface area contributed by atoms with E-state index in [1.54, 1.807) is 36.4 Å². The van der Waals surface area contributed by atoms with Gasteiger partial charge in [0.15, 0.2) is 0 Å². The minimum atomic E-state index is -0.217. The van der Waals surface area contributed by atoms with E-state index in [2.05, 4.69) is 33.2 Å². The summed E-state index contributed by atoms with van der Waals surface area (Å²) in [5.41, 5.74) is 15.6. The van der Waals surface area contributed by atoms with Gasteiger partial charge in [0.1, 0.15) is 17.5 Å². The van der Waals surface area contributed by atoms with Gasteiger partial charge in [0, 0.05) is 55.4 Å². The number of rotatable bonds is 6. The molecule has 0 amide bonds. The van der Waals surface area contributed by atoms with Crippen molar-refractivity contribution in [3.8, 4) is 67.2 Å². The maximum atomic E-state index is 13.0. The summed E-state index contributed by atoms with van der Waals surface area (Å²) in [6.45, 7) is 6.06. The molecule has 0 aliphatic heterocycles. The number of aryl methyl sites for hydroxylation is 3. The number of halogens is 3. The van der Waals surface area contributed by atoms with E-state index in [1.807, 2.05) is 130 Å². The third-order valence-corrected chi connectivity index (χ3v) is 9.74. The molecule has 0 bridgehead atoms. The van der Waals surface area contributed by atoms with Gasteiger partial charge >= 0.3 is 0 Å². The predicted molar refractivity (Wildman–Crippen MR) is 239 cm³/mol. The fourth-order valence-corrected chi connectivity index (χ4v) is 6.42. The van der Waals surface area contributed by atoms with Crippen LogP contribution in [-0.2, 0) is 20.1 Å². The van der Waals surface area contributed by atoms with Crippen LogP contribution in [0.25, 0.3) is 67.2 Å². The maximum Gasteiger partial charge on any atom is 0.123 e. The molecule has 303 valence electrons. The number of hydrogen-bond acceptors (Lipinski definition) is 3. The largest absolute Gasteiger partial charge is 0.256 e. The minimum Gasteiger partial charge on any atom is -0.256 e. The molecule has 9 aromatic rings. The topological polar surface area (TPSA) is 38.7 Å². The Kier molecular flexibility index (Phi) is 15.0. The van der Waals surface area contributed by atoms with E-state index >= 15 is 0 Å². The van der Waals surface area contributed by atoms with Crippen LogP contribution in [0.2, 0.25) is 0 Å². The Hall–Kier alpha value is -6.79. The van der Waals surface area contributed by atoms with Crippen LogP contribution in [0.3, 0.4) is 0 Å². The van der Waals surface area contributed by atoms with E-state index in [-0.39, 0.29) is 37.6 Å². The van der Waals surface area contributed by atoms with Crippen molar-refractivity contribution in [1.29, 1.82) is 0 Å². The number of benzene rings is 6. The molecule has 9 rings (SSSR count). The first-order valence-electron chi connectivity index (χ1n) is 19.5. The van der Waals surface area contributed by atoms with E-state index in [0.29, 0.717) is 0 Å². The second-order valence-corrected chi connectivity index (χ2v) is 14.4. The third kappa shape index (κ3) is 12.1. The van der Waals surface area contributed by atoms with Gasteiger partial charge in [-0.25, -0.2) is 13.2 Å². The first kappa shape index (κ1) is 43.8. The molecule has 6 aromatic carbocycles. The molecule has 3 nitrogen and oxygen atoms in total. The van der Waals surface area contributed by atoms with Crippen molar-refractivity contribution in [3.05, 3.63) is 235 Å². The van der Waals surface area contributed by atoms with Crippen LogP contribution in [0.5, 0.6) is 0 Å². The molecule has 0 spiro atoms. The zero-order valence-corrected chi connectivity index (χ0v) is 36.3. The quantitative estimate of drug-likeness (QED) is 0.167. The van der Waals surface area contributed by atoms with Gasteiger partial charge in [-0.2, -0.15) is 0 Å². The molecule has 61 heavy (non-hydrogen) atoms. The predicted octanol–water partition coefficient (Wildman–Crippen LogP) is 14.6. The minimum absolute atomic E-state index is 0. The molecule has 0 saturated heterocycles. The van der Waals surface area contributed by atoms with Gasteiger partial charge in [-0.05, 0) is 144 Å². The Morgan fingerprint density at radius 2 is 0.525 bits per heavy atom. The average Bonchev–Trinajstić information content (AvgIpc) is 3.28. The molecule has 0 aliphatic carbocycles. The summed E-state index contributed by atoms with van der Waals surface area (Å²) < 4.78 is 38.9. The SMILES string of the molecule is Cc1ccc(-c2cccc(-c3ccc(F)cc3)c2)nc1.Cc1ccc(-c2cccc(-c3ccc(F)cc3)c2)nc1.Cc1ccc(-c2cccc(-c3ccc(F)cc3)c2)nc1.[Ir]. The first-order chi connectivity index (χ1) is 29.2. The van der Waals surface area contributed by atoms with Crippen molar-refractivity contribution in [1.82, 2.24) is 15.0 Å². The Morgan fingerprint density at radius 1 is 0.279 bits per heavy atom. The molecule has 0 aliphatic rings. The normalized spacial score (nSPS) is 10.3. The standard InChI is InChI=1S/3C18H14FN.Ir/c3*1-13-5-10-18(20-12-13)16-4-2-3-15(11-16)14-6-8-17(19)9-7-14;/h3*2-12H,1H3;. The molecular weight excluding hydrogens is 940 g/mol. The second-order valence-electron chi connectivity index (χ2n) is 14.4. The van der Waals surface area contributed by atoms with Crippen LogP contribution in [0.15, 0.2) is 201 Å². The summed E-state index contributed by atoms with van der Waals surface area (Å²) in [7, 11) is 0. The van der Waals surface area contributed by atoms with Gasteiger partial charge in [-0.3, -0.25) is 15.0 Å². The smallest absolute Gasteiger partial charge is 0.123 e. The van der Waals surface area contributed by atoms with E-state index in [9.17, 15) is 13.2 Å². The second kappa shape index (κ2) is 20.9. The van der Waals surface area contributed by atoms with Gasteiger partial charge in [0.2, 0.25) is 0 Å². The fraction of sp³-hybridized carbons (Fsp3) is 0.0556. The van der Waals surface area contributed by atoms with E-state index in [1.165, 1.54) is 36.4 Å². The molecular formula is C54H42F3IrN3. The van der Waals surface area contributed by atoms with Crippen LogP contribution in [0.4, 0.5) is 13.2 Å². The van der Waals surface area contributed by atoms with Crippen LogP contribution in [0.1, 0.15) is 16.7 Å². The Balaban J connectivity index is 0.000000152. The molecule has 3 aromatic heterocycles. The summed E-state index contributed by atoms with van der Waals surface area (Å²) in [5, 5.41) is 0. The van der Waals surface area contributed by atoms with Crippen molar-refractivity contribution >= 4 is 0 Å². The van der Waals surface area contributed by atoms with E-state index < -0.39 is 0 Å².